The van der Waals surface area contributed by atoms with Crippen LogP contribution in [0.5, 0.6) is 0 Å². The van der Waals surface area contributed by atoms with Crippen LogP contribution in [-0.2, 0) is 13.0 Å². The summed E-state index contributed by atoms with van der Waals surface area (Å²) in [6.07, 6.45) is 0.0666. The minimum absolute atomic E-state index is 0.259. The number of nitrogens with zero attached hydrogens (tertiary/aromatic N) is 1. The maximum atomic E-state index is 13.3. The highest BCUT2D eigenvalue weighted by atomic mass is 19.1. The van der Waals surface area contributed by atoms with Crippen LogP contribution in [0.2, 0.25) is 0 Å². The Kier molecular flexibility index (Phi) is 4.59. The largest absolute Gasteiger partial charge is 0.387 e. The van der Waals surface area contributed by atoms with Crippen LogP contribution in [-0.4, -0.2) is 30.1 Å². The molecule has 2 N–H and O–H groups in total. The maximum Gasteiger partial charge on any atom is 0.126 e. The van der Waals surface area contributed by atoms with Crippen molar-refractivity contribution in [2.75, 3.05) is 25.5 Å². The van der Waals surface area contributed by atoms with Crippen LogP contribution in [0.15, 0.2) is 36.4 Å². The number of benzene rings is 2. The normalized spacial score (nSPS) is 14.7. The molecule has 0 fully saturated rings. The minimum atomic E-state index is -0.930. The highest BCUT2D eigenvalue weighted by Crippen LogP contribution is 2.26. The summed E-state index contributed by atoms with van der Waals surface area (Å²) in [5.41, 5.74) is 3.95. The number of halogens is 2. The van der Waals surface area contributed by atoms with Gasteiger partial charge in [-0.15, -0.1) is 0 Å². The van der Waals surface area contributed by atoms with Gasteiger partial charge in [-0.05, 0) is 48.4 Å². The molecule has 3 rings (SSSR count). The van der Waals surface area contributed by atoms with E-state index in [9.17, 15) is 13.9 Å². The van der Waals surface area contributed by atoms with E-state index < -0.39 is 17.7 Å². The number of aliphatic hydroxyl groups excluding tert-OH is 1. The number of nitrogens with one attached hydrogen (secondary N) is 1. The standard InChI is InChI=1S/C18H20F2N2O/c1-22(10-12-3-2-4-17-16(12)5-6-21-17)11-18(23)13-7-14(19)9-15(20)8-13/h2-4,7-9,18,21,23H,5-6,10-11H2,1H3/t18-/m0/s1. The van der Waals surface area contributed by atoms with Crippen molar-refractivity contribution < 1.29 is 13.9 Å². The highest BCUT2D eigenvalue weighted by Gasteiger charge is 2.17. The summed E-state index contributed by atoms with van der Waals surface area (Å²) in [5.74, 6) is -1.35. The summed E-state index contributed by atoms with van der Waals surface area (Å²) in [6.45, 7) is 1.93. The SMILES string of the molecule is CN(Cc1cccc2c1CCN2)C[C@H](O)c1cc(F)cc(F)c1. The quantitative estimate of drug-likeness (QED) is 0.889. The lowest BCUT2D eigenvalue weighted by Crippen LogP contribution is -2.24. The molecule has 1 aliphatic rings. The molecule has 122 valence electrons. The van der Waals surface area contributed by atoms with E-state index in [1.54, 1.807) is 0 Å². The van der Waals surface area contributed by atoms with Gasteiger partial charge in [-0.2, -0.15) is 0 Å². The first-order valence-electron chi connectivity index (χ1n) is 7.70. The number of fused-ring (bicyclic) bond motifs is 1. The first-order valence-corrected chi connectivity index (χ1v) is 7.70. The molecule has 0 bridgehead atoms. The minimum Gasteiger partial charge on any atom is -0.387 e. The molecular weight excluding hydrogens is 298 g/mol. The van der Waals surface area contributed by atoms with Gasteiger partial charge in [-0.3, -0.25) is 4.90 Å². The molecule has 0 saturated heterocycles. The average Bonchev–Trinajstić information content (AvgIpc) is 2.95. The van der Waals surface area contributed by atoms with Crippen LogP contribution >= 0.6 is 0 Å². The molecule has 1 atom stereocenters. The van der Waals surface area contributed by atoms with E-state index >= 15 is 0 Å². The highest BCUT2D eigenvalue weighted by molar-refractivity contribution is 5.58. The van der Waals surface area contributed by atoms with E-state index in [2.05, 4.69) is 17.4 Å². The Bertz CT molecular complexity index is 685. The van der Waals surface area contributed by atoms with Crippen molar-refractivity contribution in [2.24, 2.45) is 0 Å². The lowest BCUT2D eigenvalue weighted by molar-refractivity contribution is 0.123. The molecule has 0 saturated carbocycles. The van der Waals surface area contributed by atoms with E-state index in [-0.39, 0.29) is 5.56 Å². The van der Waals surface area contributed by atoms with E-state index in [4.69, 9.17) is 0 Å². The van der Waals surface area contributed by atoms with Gasteiger partial charge in [0.2, 0.25) is 0 Å². The molecule has 0 aliphatic carbocycles. The van der Waals surface area contributed by atoms with Crippen molar-refractivity contribution in [3.05, 3.63) is 64.7 Å². The number of anilines is 1. The van der Waals surface area contributed by atoms with Crippen LogP contribution in [0.4, 0.5) is 14.5 Å². The summed E-state index contributed by atoms with van der Waals surface area (Å²) in [4.78, 5) is 1.96. The second-order valence-corrected chi connectivity index (χ2v) is 6.04. The van der Waals surface area contributed by atoms with E-state index in [0.29, 0.717) is 13.1 Å². The molecule has 0 spiro atoms. The first-order chi connectivity index (χ1) is 11.0. The van der Waals surface area contributed by atoms with E-state index in [0.717, 1.165) is 19.0 Å². The van der Waals surface area contributed by atoms with Crippen molar-refractivity contribution in [2.45, 2.75) is 19.1 Å². The predicted molar refractivity (Wildman–Crippen MR) is 86.3 cm³/mol. The fourth-order valence-corrected chi connectivity index (χ4v) is 3.09. The predicted octanol–water partition coefficient (Wildman–Crippen LogP) is 3.10. The Morgan fingerprint density at radius 3 is 2.70 bits per heavy atom. The van der Waals surface area contributed by atoms with Gasteiger partial charge in [0, 0.05) is 31.4 Å². The van der Waals surface area contributed by atoms with Gasteiger partial charge in [0.1, 0.15) is 11.6 Å². The molecule has 3 nitrogen and oxygen atoms in total. The smallest absolute Gasteiger partial charge is 0.126 e. The summed E-state index contributed by atoms with van der Waals surface area (Å²) < 4.78 is 26.5. The third-order valence-electron chi connectivity index (χ3n) is 4.16. The third kappa shape index (κ3) is 3.68. The zero-order valence-electron chi connectivity index (χ0n) is 13.0. The van der Waals surface area contributed by atoms with Crippen LogP contribution < -0.4 is 5.32 Å². The van der Waals surface area contributed by atoms with Crippen molar-refractivity contribution in [1.29, 1.82) is 0 Å². The molecule has 2 aromatic rings. The van der Waals surface area contributed by atoms with Gasteiger partial charge in [0.15, 0.2) is 0 Å². The molecule has 23 heavy (non-hydrogen) atoms. The molecule has 0 amide bonds. The second kappa shape index (κ2) is 6.64. The zero-order valence-corrected chi connectivity index (χ0v) is 13.0. The number of aliphatic hydroxyl groups is 1. The lowest BCUT2D eigenvalue weighted by atomic mass is 10.0. The topological polar surface area (TPSA) is 35.5 Å². The van der Waals surface area contributed by atoms with Gasteiger partial charge in [0.05, 0.1) is 6.10 Å². The van der Waals surface area contributed by atoms with Crippen LogP contribution in [0, 0.1) is 11.6 Å². The third-order valence-corrected chi connectivity index (χ3v) is 4.16. The molecule has 1 heterocycles. The maximum absolute atomic E-state index is 13.3. The van der Waals surface area contributed by atoms with Crippen LogP contribution in [0.1, 0.15) is 22.8 Å². The first kappa shape index (κ1) is 15.9. The summed E-state index contributed by atoms with van der Waals surface area (Å²) >= 11 is 0. The lowest BCUT2D eigenvalue weighted by Gasteiger charge is -2.22. The van der Waals surface area contributed by atoms with Gasteiger partial charge in [-0.25, -0.2) is 8.78 Å². The number of hydrogen-bond acceptors (Lipinski definition) is 3. The van der Waals surface area contributed by atoms with Crippen molar-refractivity contribution in [1.82, 2.24) is 4.90 Å². The second-order valence-electron chi connectivity index (χ2n) is 6.04. The summed E-state index contributed by atoms with van der Waals surface area (Å²) in [7, 11) is 1.89. The molecule has 0 radical (unpaired) electrons. The Balaban J connectivity index is 1.67. The van der Waals surface area contributed by atoms with Crippen LogP contribution in [0.25, 0.3) is 0 Å². The Hall–Kier alpha value is -1.98. The monoisotopic (exact) mass is 318 g/mol. The molecule has 0 unspecified atom stereocenters. The van der Waals surface area contributed by atoms with Gasteiger partial charge < -0.3 is 10.4 Å². The number of likely N-dealkylation sites (N-methyl/N-ethyl adjacent to an activating group) is 1. The van der Waals surface area contributed by atoms with Crippen molar-refractivity contribution >= 4 is 5.69 Å². The number of hydrogen-bond donors (Lipinski definition) is 2. The molecule has 0 aromatic heterocycles. The van der Waals surface area contributed by atoms with E-state index in [1.165, 1.54) is 28.9 Å². The number of rotatable bonds is 5. The molecule has 2 aromatic carbocycles. The Morgan fingerprint density at radius 1 is 1.22 bits per heavy atom. The van der Waals surface area contributed by atoms with Gasteiger partial charge in [-0.1, -0.05) is 12.1 Å². The zero-order chi connectivity index (χ0) is 16.4. The molecular formula is C18H20F2N2O. The van der Waals surface area contributed by atoms with Crippen LogP contribution in [0.3, 0.4) is 0 Å². The fourth-order valence-electron chi connectivity index (χ4n) is 3.09. The Morgan fingerprint density at radius 2 is 1.96 bits per heavy atom. The van der Waals surface area contributed by atoms with Crippen molar-refractivity contribution in [3.63, 3.8) is 0 Å². The van der Waals surface area contributed by atoms with Gasteiger partial charge >= 0.3 is 0 Å². The summed E-state index contributed by atoms with van der Waals surface area (Å²) in [6, 6.07) is 9.31. The molecule has 5 heteroatoms. The Labute approximate surface area is 134 Å². The summed E-state index contributed by atoms with van der Waals surface area (Å²) in [5, 5.41) is 13.6. The van der Waals surface area contributed by atoms with Crippen molar-refractivity contribution in [3.8, 4) is 0 Å². The fraction of sp³-hybridized carbons (Fsp3) is 0.333. The van der Waals surface area contributed by atoms with Gasteiger partial charge in [0.25, 0.3) is 0 Å². The molecule has 1 aliphatic heterocycles. The van der Waals surface area contributed by atoms with E-state index in [1.807, 2.05) is 18.0 Å². The average molecular weight is 318 g/mol.